The van der Waals surface area contributed by atoms with Crippen molar-refractivity contribution < 1.29 is 9.52 Å². The Morgan fingerprint density at radius 3 is 2.70 bits per heavy atom. The molecule has 27 heavy (non-hydrogen) atoms. The zero-order valence-corrected chi connectivity index (χ0v) is 16.0. The fraction of sp³-hybridized carbons (Fsp3) is 0.333. The minimum Gasteiger partial charge on any atom is -0.507 e. The topological polar surface area (TPSA) is 36.6 Å². The van der Waals surface area contributed by atoms with E-state index in [1.54, 1.807) is 0 Å². The molecular weight excluding hydrogens is 334 g/mol. The smallest absolute Gasteiger partial charge is 0.134 e. The lowest BCUT2D eigenvalue weighted by Crippen LogP contribution is -2.29. The van der Waals surface area contributed by atoms with E-state index in [9.17, 15) is 5.11 Å². The summed E-state index contributed by atoms with van der Waals surface area (Å²) >= 11 is 0. The first-order valence-electron chi connectivity index (χ1n) is 9.82. The molecule has 2 aromatic carbocycles. The van der Waals surface area contributed by atoms with Crippen LogP contribution in [0.25, 0.3) is 22.1 Å². The van der Waals surface area contributed by atoms with Crippen molar-refractivity contribution in [3.63, 3.8) is 0 Å². The highest BCUT2D eigenvalue weighted by Gasteiger charge is 2.17. The highest BCUT2D eigenvalue weighted by Crippen LogP contribution is 2.36. The largest absolute Gasteiger partial charge is 0.507 e. The minimum atomic E-state index is 0.396. The van der Waals surface area contributed by atoms with E-state index in [0.29, 0.717) is 5.75 Å². The molecule has 0 atom stereocenters. The van der Waals surface area contributed by atoms with Gasteiger partial charge in [0.2, 0.25) is 0 Å². The monoisotopic (exact) mass is 361 g/mol. The van der Waals surface area contributed by atoms with Gasteiger partial charge in [-0.2, -0.15) is 0 Å². The predicted octanol–water partition coefficient (Wildman–Crippen LogP) is 5.83. The number of allylic oxidation sites excluding steroid dienone is 1. The average molecular weight is 361 g/mol. The molecule has 0 aliphatic carbocycles. The molecule has 3 aromatic rings. The van der Waals surface area contributed by atoms with E-state index in [1.165, 1.54) is 24.8 Å². The number of phenols is 1. The van der Waals surface area contributed by atoms with E-state index >= 15 is 0 Å². The molecule has 1 N–H and O–H groups in total. The number of aryl methyl sites for hydroxylation is 1. The van der Waals surface area contributed by atoms with E-state index in [2.05, 4.69) is 29.7 Å². The SMILES string of the molecule is C=CCc1cc(CN2CCCCC2)c(O)c(-c2ccc3oc(C)cc3c2)c1. The van der Waals surface area contributed by atoms with Crippen molar-refractivity contribution in [1.82, 2.24) is 4.90 Å². The number of hydrogen-bond donors (Lipinski definition) is 1. The van der Waals surface area contributed by atoms with Crippen LogP contribution in [-0.4, -0.2) is 23.1 Å². The fourth-order valence-corrected chi connectivity index (χ4v) is 4.09. The maximum absolute atomic E-state index is 11.1. The fourth-order valence-electron chi connectivity index (χ4n) is 4.09. The Balaban J connectivity index is 1.76. The van der Waals surface area contributed by atoms with Gasteiger partial charge in [0, 0.05) is 23.1 Å². The first-order chi connectivity index (χ1) is 13.1. The first-order valence-corrected chi connectivity index (χ1v) is 9.82. The Labute approximate surface area is 160 Å². The summed E-state index contributed by atoms with van der Waals surface area (Å²) in [4.78, 5) is 2.45. The van der Waals surface area contributed by atoms with E-state index in [4.69, 9.17) is 4.42 Å². The number of furan rings is 1. The lowest BCUT2D eigenvalue weighted by molar-refractivity contribution is 0.218. The van der Waals surface area contributed by atoms with Crippen LogP contribution in [0.5, 0.6) is 5.75 Å². The number of rotatable bonds is 5. The predicted molar refractivity (Wildman–Crippen MR) is 111 cm³/mol. The molecule has 2 heterocycles. The van der Waals surface area contributed by atoms with Crippen molar-refractivity contribution in [1.29, 1.82) is 0 Å². The van der Waals surface area contributed by atoms with Crippen molar-refractivity contribution in [3.8, 4) is 16.9 Å². The van der Waals surface area contributed by atoms with Gasteiger partial charge in [-0.3, -0.25) is 4.90 Å². The van der Waals surface area contributed by atoms with E-state index in [-0.39, 0.29) is 0 Å². The molecule has 0 bridgehead atoms. The number of piperidine rings is 1. The van der Waals surface area contributed by atoms with Crippen LogP contribution < -0.4 is 0 Å². The lowest BCUT2D eigenvalue weighted by Gasteiger charge is -2.27. The van der Waals surface area contributed by atoms with Gasteiger partial charge in [-0.05, 0) is 74.7 Å². The van der Waals surface area contributed by atoms with Crippen molar-refractivity contribution in [2.75, 3.05) is 13.1 Å². The number of hydrogen-bond acceptors (Lipinski definition) is 3. The molecule has 1 fully saturated rings. The van der Waals surface area contributed by atoms with Crippen LogP contribution in [0.15, 0.2) is 53.5 Å². The molecule has 1 saturated heterocycles. The van der Waals surface area contributed by atoms with Crippen LogP contribution >= 0.6 is 0 Å². The van der Waals surface area contributed by atoms with E-state index in [1.807, 2.05) is 31.2 Å². The van der Waals surface area contributed by atoms with Crippen LogP contribution in [0.3, 0.4) is 0 Å². The summed E-state index contributed by atoms with van der Waals surface area (Å²) in [6, 6.07) is 12.4. The van der Waals surface area contributed by atoms with Gasteiger partial charge >= 0.3 is 0 Å². The van der Waals surface area contributed by atoms with Crippen molar-refractivity contribution in [2.24, 2.45) is 0 Å². The second kappa shape index (κ2) is 7.61. The molecule has 4 rings (SSSR count). The summed E-state index contributed by atoms with van der Waals surface area (Å²) in [6.45, 7) is 8.87. The van der Waals surface area contributed by atoms with Crippen molar-refractivity contribution in [3.05, 3.63) is 65.9 Å². The first kappa shape index (κ1) is 17.9. The Morgan fingerprint density at radius 1 is 1.11 bits per heavy atom. The third-order valence-electron chi connectivity index (χ3n) is 5.42. The molecular formula is C24H27NO2. The molecule has 3 nitrogen and oxygen atoms in total. The summed E-state index contributed by atoms with van der Waals surface area (Å²) in [5.41, 5.74) is 4.99. The number of benzene rings is 2. The summed E-state index contributed by atoms with van der Waals surface area (Å²) in [5, 5.41) is 12.1. The van der Waals surface area contributed by atoms with Gasteiger partial charge in [0.25, 0.3) is 0 Å². The quantitative estimate of drug-likeness (QED) is 0.581. The lowest BCUT2D eigenvalue weighted by atomic mass is 9.95. The summed E-state index contributed by atoms with van der Waals surface area (Å²) < 4.78 is 5.69. The summed E-state index contributed by atoms with van der Waals surface area (Å²) in [7, 11) is 0. The van der Waals surface area contributed by atoms with Crippen LogP contribution in [-0.2, 0) is 13.0 Å². The van der Waals surface area contributed by atoms with Crippen molar-refractivity contribution >= 4 is 11.0 Å². The Hall–Kier alpha value is -2.52. The van der Waals surface area contributed by atoms with Crippen molar-refractivity contribution in [2.45, 2.75) is 39.2 Å². The zero-order chi connectivity index (χ0) is 18.8. The highest BCUT2D eigenvalue weighted by atomic mass is 16.3. The second-order valence-electron chi connectivity index (χ2n) is 7.59. The molecule has 0 unspecified atom stereocenters. The molecule has 0 saturated carbocycles. The molecule has 0 amide bonds. The van der Waals surface area contributed by atoms with Gasteiger partial charge in [0.05, 0.1) is 0 Å². The van der Waals surface area contributed by atoms with Crippen LogP contribution in [0.2, 0.25) is 0 Å². The summed E-state index contributed by atoms with van der Waals surface area (Å²) in [6.07, 6.45) is 6.53. The Morgan fingerprint density at radius 2 is 1.93 bits per heavy atom. The molecule has 3 heteroatoms. The van der Waals surface area contributed by atoms with E-state index in [0.717, 1.165) is 59.5 Å². The normalized spacial score (nSPS) is 15.3. The van der Waals surface area contributed by atoms with Gasteiger partial charge in [-0.15, -0.1) is 6.58 Å². The Kier molecular flexibility index (Phi) is 5.04. The minimum absolute atomic E-state index is 0.396. The van der Waals surface area contributed by atoms with Gasteiger partial charge in [0.15, 0.2) is 0 Å². The molecule has 0 radical (unpaired) electrons. The molecule has 1 aliphatic heterocycles. The second-order valence-corrected chi connectivity index (χ2v) is 7.59. The van der Waals surface area contributed by atoms with Crippen LogP contribution in [0.1, 0.15) is 36.1 Å². The summed E-state index contributed by atoms with van der Waals surface area (Å²) in [5.74, 6) is 1.30. The third-order valence-corrected chi connectivity index (χ3v) is 5.42. The molecule has 140 valence electrons. The molecule has 0 spiro atoms. The van der Waals surface area contributed by atoms with Crippen LogP contribution in [0, 0.1) is 6.92 Å². The molecule has 1 aliphatic rings. The number of aromatic hydroxyl groups is 1. The Bertz CT molecular complexity index is 964. The van der Waals surface area contributed by atoms with Gasteiger partial charge in [-0.25, -0.2) is 0 Å². The van der Waals surface area contributed by atoms with E-state index < -0.39 is 0 Å². The maximum atomic E-state index is 11.1. The third kappa shape index (κ3) is 3.79. The number of nitrogens with zero attached hydrogens (tertiary/aromatic N) is 1. The average Bonchev–Trinajstić information content (AvgIpc) is 3.04. The standard InChI is InChI=1S/C24H27NO2/c1-3-7-18-13-21(16-25-10-5-4-6-11-25)24(26)22(14-18)19-8-9-23-20(15-19)12-17(2)27-23/h3,8-9,12-15,26H,1,4-7,10-11,16H2,2H3. The van der Waals surface area contributed by atoms with Gasteiger partial charge < -0.3 is 9.52 Å². The van der Waals surface area contributed by atoms with Gasteiger partial charge in [-0.1, -0.05) is 24.6 Å². The zero-order valence-electron chi connectivity index (χ0n) is 16.0. The van der Waals surface area contributed by atoms with Gasteiger partial charge in [0.1, 0.15) is 17.1 Å². The number of fused-ring (bicyclic) bond motifs is 1. The highest BCUT2D eigenvalue weighted by molar-refractivity contribution is 5.86. The number of phenolic OH excluding ortho intramolecular Hbond substituents is 1. The molecule has 1 aromatic heterocycles. The van der Waals surface area contributed by atoms with Crippen LogP contribution in [0.4, 0.5) is 0 Å². The maximum Gasteiger partial charge on any atom is 0.134 e. The number of likely N-dealkylation sites (tertiary alicyclic amines) is 1.